The van der Waals surface area contributed by atoms with Gasteiger partial charge in [-0.05, 0) is 35.3 Å². The third-order valence-corrected chi connectivity index (χ3v) is 4.67. The highest BCUT2D eigenvalue weighted by Gasteiger charge is 2.19. The van der Waals surface area contributed by atoms with Crippen LogP contribution in [0.15, 0.2) is 53.2 Å². The Balaban J connectivity index is 1.47. The summed E-state index contributed by atoms with van der Waals surface area (Å²) in [6, 6.07) is 12.5. The van der Waals surface area contributed by atoms with E-state index in [0.29, 0.717) is 11.7 Å². The number of hydrogen-bond donors (Lipinski definition) is 0. The molecule has 1 aromatic carbocycles. The van der Waals surface area contributed by atoms with Gasteiger partial charge < -0.3 is 9.32 Å². The first-order valence-corrected chi connectivity index (χ1v) is 8.93. The summed E-state index contributed by atoms with van der Waals surface area (Å²) >= 11 is 0. The zero-order chi connectivity index (χ0) is 17.6. The smallest absolute Gasteiger partial charge is 0.246 e. The van der Waals surface area contributed by atoms with Gasteiger partial charge in [-0.2, -0.15) is 0 Å². The number of benzene rings is 1. The fourth-order valence-corrected chi connectivity index (χ4v) is 3.04. The molecule has 1 amide bonds. The van der Waals surface area contributed by atoms with Gasteiger partial charge in [-0.25, -0.2) is 0 Å². The summed E-state index contributed by atoms with van der Waals surface area (Å²) in [5.74, 6) is 1.33. The molecular weight excluding hydrogens is 312 g/mol. The van der Waals surface area contributed by atoms with Crippen LogP contribution in [0.2, 0.25) is 0 Å². The normalized spacial score (nSPS) is 16.0. The second-order valence-corrected chi connectivity index (χ2v) is 6.85. The minimum atomic E-state index is 0.0531. The lowest BCUT2D eigenvalue weighted by atomic mass is 10.0. The zero-order valence-electron chi connectivity index (χ0n) is 15.0. The van der Waals surface area contributed by atoms with Gasteiger partial charge >= 0.3 is 0 Å². The Labute approximate surface area is 149 Å². The van der Waals surface area contributed by atoms with Crippen molar-refractivity contribution in [2.24, 2.45) is 0 Å². The molecule has 0 atom stereocenters. The molecule has 0 N–H and O–H groups in total. The molecule has 1 aliphatic heterocycles. The molecule has 0 bridgehead atoms. The highest BCUT2D eigenvalue weighted by Crippen LogP contribution is 2.16. The Kier molecular flexibility index (Phi) is 5.71. The van der Waals surface area contributed by atoms with Crippen molar-refractivity contribution >= 4 is 12.0 Å². The molecule has 2 heterocycles. The quantitative estimate of drug-likeness (QED) is 0.779. The molecule has 1 aromatic heterocycles. The molecule has 25 heavy (non-hydrogen) atoms. The number of rotatable bonds is 5. The summed E-state index contributed by atoms with van der Waals surface area (Å²) in [7, 11) is 0. The van der Waals surface area contributed by atoms with Crippen molar-refractivity contribution in [3.63, 3.8) is 0 Å². The minimum absolute atomic E-state index is 0.0531. The fraction of sp³-hybridized carbons (Fsp3) is 0.381. The van der Waals surface area contributed by atoms with Crippen LogP contribution in [0.5, 0.6) is 0 Å². The maximum atomic E-state index is 12.2. The maximum Gasteiger partial charge on any atom is 0.246 e. The standard InChI is InChI=1S/C21H26N2O2/c1-17(2)19-7-5-18(6-8-19)16-22-11-13-23(14-12-22)21(24)10-9-20-4-3-15-25-20/h3-10,15,17H,11-14,16H2,1-2H3/b10-9+. The van der Waals surface area contributed by atoms with Gasteiger partial charge in [0.1, 0.15) is 5.76 Å². The number of amides is 1. The molecule has 132 valence electrons. The molecule has 3 rings (SSSR count). The summed E-state index contributed by atoms with van der Waals surface area (Å²) in [5, 5.41) is 0. The van der Waals surface area contributed by atoms with E-state index in [0.717, 1.165) is 32.7 Å². The molecule has 1 saturated heterocycles. The molecule has 0 spiro atoms. The Bertz CT molecular complexity index is 694. The lowest BCUT2D eigenvalue weighted by Crippen LogP contribution is -2.47. The molecule has 0 saturated carbocycles. The lowest BCUT2D eigenvalue weighted by molar-refractivity contribution is -0.127. The third-order valence-electron chi connectivity index (χ3n) is 4.67. The largest absolute Gasteiger partial charge is 0.465 e. The molecule has 4 heteroatoms. The summed E-state index contributed by atoms with van der Waals surface area (Å²) < 4.78 is 5.21. The average Bonchev–Trinajstić information content (AvgIpc) is 3.14. The molecular formula is C21H26N2O2. The van der Waals surface area contributed by atoms with Crippen LogP contribution >= 0.6 is 0 Å². The Hall–Kier alpha value is -2.33. The van der Waals surface area contributed by atoms with Crippen LogP contribution in [-0.4, -0.2) is 41.9 Å². The van der Waals surface area contributed by atoms with Gasteiger partial charge in [0.25, 0.3) is 0 Å². The predicted molar refractivity (Wildman–Crippen MR) is 100 cm³/mol. The first kappa shape index (κ1) is 17.5. The number of nitrogens with zero attached hydrogens (tertiary/aromatic N) is 2. The van der Waals surface area contributed by atoms with Crippen LogP contribution in [0.4, 0.5) is 0 Å². The van der Waals surface area contributed by atoms with E-state index in [1.807, 2.05) is 17.0 Å². The Morgan fingerprint density at radius 1 is 1.12 bits per heavy atom. The van der Waals surface area contributed by atoms with Crippen LogP contribution in [0.3, 0.4) is 0 Å². The van der Waals surface area contributed by atoms with Crippen LogP contribution in [0.25, 0.3) is 6.08 Å². The van der Waals surface area contributed by atoms with E-state index in [1.54, 1.807) is 18.4 Å². The van der Waals surface area contributed by atoms with E-state index in [2.05, 4.69) is 43.0 Å². The van der Waals surface area contributed by atoms with Gasteiger partial charge in [-0.1, -0.05) is 38.1 Å². The SMILES string of the molecule is CC(C)c1ccc(CN2CCN(C(=O)/C=C/c3ccco3)CC2)cc1. The second-order valence-electron chi connectivity index (χ2n) is 6.85. The van der Waals surface area contributed by atoms with Crippen molar-refractivity contribution in [3.8, 4) is 0 Å². The summed E-state index contributed by atoms with van der Waals surface area (Å²) in [4.78, 5) is 16.5. The first-order chi connectivity index (χ1) is 12.1. The van der Waals surface area contributed by atoms with Crippen molar-refractivity contribution in [1.29, 1.82) is 0 Å². The number of hydrogen-bond acceptors (Lipinski definition) is 3. The average molecular weight is 338 g/mol. The fourth-order valence-electron chi connectivity index (χ4n) is 3.04. The molecule has 0 unspecified atom stereocenters. The van der Waals surface area contributed by atoms with Crippen molar-refractivity contribution in [1.82, 2.24) is 9.80 Å². The van der Waals surface area contributed by atoms with Crippen molar-refractivity contribution < 1.29 is 9.21 Å². The Morgan fingerprint density at radius 3 is 2.44 bits per heavy atom. The van der Waals surface area contributed by atoms with Crippen molar-refractivity contribution in [3.05, 3.63) is 65.6 Å². The zero-order valence-corrected chi connectivity index (χ0v) is 15.0. The van der Waals surface area contributed by atoms with E-state index >= 15 is 0 Å². The number of carbonyl (C=O) groups is 1. The molecule has 2 aromatic rings. The highest BCUT2D eigenvalue weighted by molar-refractivity contribution is 5.91. The van der Waals surface area contributed by atoms with E-state index in [9.17, 15) is 4.79 Å². The van der Waals surface area contributed by atoms with Crippen LogP contribution in [0.1, 0.15) is 36.7 Å². The lowest BCUT2D eigenvalue weighted by Gasteiger charge is -2.34. The molecule has 4 nitrogen and oxygen atoms in total. The minimum Gasteiger partial charge on any atom is -0.465 e. The van der Waals surface area contributed by atoms with Crippen molar-refractivity contribution in [2.45, 2.75) is 26.3 Å². The summed E-state index contributed by atoms with van der Waals surface area (Å²) in [6.45, 7) is 8.73. The van der Waals surface area contributed by atoms with Crippen LogP contribution in [0, 0.1) is 0 Å². The number of piperazine rings is 1. The second kappa shape index (κ2) is 8.17. The van der Waals surface area contributed by atoms with E-state index in [1.165, 1.54) is 11.1 Å². The van der Waals surface area contributed by atoms with Crippen molar-refractivity contribution in [2.75, 3.05) is 26.2 Å². The molecule has 0 aliphatic carbocycles. The van der Waals surface area contributed by atoms with E-state index in [-0.39, 0.29) is 5.91 Å². The molecule has 0 radical (unpaired) electrons. The topological polar surface area (TPSA) is 36.7 Å². The summed E-state index contributed by atoms with van der Waals surface area (Å²) in [6.07, 6.45) is 4.93. The monoisotopic (exact) mass is 338 g/mol. The van der Waals surface area contributed by atoms with Crippen LogP contribution in [-0.2, 0) is 11.3 Å². The predicted octanol–water partition coefficient (Wildman–Crippen LogP) is 3.76. The van der Waals surface area contributed by atoms with Gasteiger partial charge in [0.2, 0.25) is 5.91 Å². The van der Waals surface area contributed by atoms with E-state index < -0.39 is 0 Å². The van der Waals surface area contributed by atoms with Gasteiger partial charge in [0.15, 0.2) is 0 Å². The first-order valence-electron chi connectivity index (χ1n) is 8.93. The number of furan rings is 1. The number of carbonyl (C=O) groups excluding carboxylic acids is 1. The summed E-state index contributed by atoms with van der Waals surface area (Å²) in [5.41, 5.74) is 2.71. The maximum absolute atomic E-state index is 12.2. The molecule has 1 fully saturated rings. The van der Waals surface area contributed by atoms with Gasteiger partial charge in [0.05, 0.1) is 6.26 Å². The third kappa shape index (κ3) is 4.83. The van der Waals surface area contributed by atoms with Gasteiger partial charge in [0, 0.05) is 38.8 Å². The van der Waals surface area contributed by atoms with Crippen LogP contribution < -0.4 is 0 Å². The molecule has 1 aliphatic rings. The van der Waals surface area contributed by atoms with E-state index in [4.69, 9.17) is 4.42 Å². The highest BCUT2D eigenvalue weighted by atomic mass is 16.3. The van der Waals surface area contributed by atoms with Gasteiger partial charge in [-0.15, -0.1) is 0 Å². The van der Waals surface area contributed by atoms with Gasteiger partial charge in [-0.3, -0.25) is 9.69 Å². The Morgan fingerprint density at radius 2 is 1.84 bits per heavy atom.